The highest BCUT2D eigenvalue weighted by Crippen LogP contribution is 2.35. The van der Waals surface area contributed by atoms with E-state index in [0.717, 1.165) is 22.6 Å². The first-order valence-electron chi connectivity index (χ1n) is 5.61. The number of methoxy groups -OCH3 is 2. The Morgan fingerprint density at radius 3 is 2.33 bits per heavy atom. The Labute approximate surface area is 106 Å². The van der Waals surface area contributed by atoms with Gasteiger partial charge in [0.15, 0.2) is 0 Å². The molecule has 0 radical (unpaired) electrons. The van der Waals surface area contributed by atoms with Gasteiger partial charge in [0.05, 0.1) is 14.2 Å². The molecule has 1 heterocycles. The molecular weight excluding hydrogens is 228 g/mol. The van der Waals surface area contributed by atoms with E-state index >= 15 is 0 Å². The number of rotatable bonds is 3. The van der Waals surface area contributed by atoms with Gasteiger partial charge >= 0.3 is 0 Å². The van der Waals surface area contributed by atoms with Gasteiger partial charge in [-0.1, -0.05) is 0 Å². The Hall–Kier alpha value is -2.23. The Bertz CT molecular complexity index is 568. The topological polar surface area (TPSA) is 57.4 Å². The average Bonchev–Trinajstić information content (AvgIpc) is 2.38. The molecule has 0 saturated heterocycles. The molecule has 1 aromatic heterocycles. The summed E-state index contributed by atoms with van der Waals surface area (Å²) < 4.78 is 10.5. The molecule has 18 heavy (non-hydrogen) atoms. The van der Waals surface area contributed by atoms with Gasteiger partial charge in [0.2, 0.25) is 0 Å². The van der Waals surface area contributed by atoms with Gasteiger partial charge in [0.1, 0.15) is 17.3 Å². The van der Waals surface area contributed by atoms with Crippen LogP contribution >= 0.6 is 0 Å². The number of pyridine rings is 1. The van der Waals surface area contributed by atoms with Crippen LogP contribution in [0, 0.1) is 6.92 Å². The number of nitrogens with two attached hydrogens (primary N) is 1. The minimum Gasteiger partial charge on any atom is -0.497 e. The molecule has 0 spiro atoms. The van der Waals surface area contributed by atoms with Gasteiger partial charge < -0.3 is 15.2 Å². The van der Waals surface area contributed by atoms with Crippen molar-refractivity contribution in [3.8, 4) is 22.6 Å². The molecule has 0 atom stereocenters. The van der Waals surface area contributed by atoms with E-state index in [2.05, 4.69) is 4.98 Å². The van der Waals surface area contributed by atoms with Crippen molar-refractivity contribution in [1.82, 2.24) is 4.98 Å². The third-order valence-corrected chi connectivity index (χ3v) is 2.76. The second-order valence-corrected chi connectivity index (χ2v) is 3.95. The summed E-state index contributed by atoms with van der Waals surface area (Å²) in [6.45, 7) is 1.91. The van der Waals surface area contributed by atoms with Crippen LogP contribution in [0.1, 0.15) is 5.69 Å². The van der Waals surface area contributed by atoms with E-state index < -0.39 is 0 Å². The van der Waals surface area contributed by atoms with Crippen molar-refractivity contribution in [2.24, 2.45) is 0 Å². The number of anilines is 1. The van der Waals surface area contributed by atoms with Gasteiger partial charge in [-0.15, -0.1) is 0 Å². The number of hydrogen-bond donors (Lipinski definition) is 1. The maximum atomic E-state index is 5.95. The first-order valence-corrected chi connectivity index (χ1v) is 5.61. The van der Waals surface area contributed by atoms with Gasteiger partial charge in [-0.2, -0.15) is 0 Å². The molecule has 2 rings (SSSR count). The monoisotopic (exact) mass is 244 g/mol. The first kappa shape index (κ1) is 12.2. The SMILES string of the molecule is COc1ccc(-c2ccc(C)nc2N)c(OC)c1. The average molecular weight is 244 g/mol. The molecule has 2 N–H and O–H groups in total. The molecule has 0 saturated carbocycles. The molecule has 2 aromatic rings. The van der Waals surface area contributed by atoms with Crippen LogP contribution in [0.15, 0.2) is 30.3 Å². The summed E-state index contributed by atoms with van der Waals surface area (Å²) in [6.07, 6.45) is 0. The molecular formula is C14H16N2O2. The molecule has 0 fully saturated rings. The summed E-state index contributed by atoms with van der Waals surface area (Å²) in [5, 5.41) is 0. The van der Waals surface area contributed by atoms with Crippen molar-refractivity contribution >= 4 is 5.82 Å². The molecule has 0 unspecified atom stereocenters. The van der Waals surface area contributed by atoms with Gasteiger partial charge in [0.25, 0.3) is 0 Å². The highest BCUT2D eigenvalue weighted by Gasteiger charge is 2.11. The molecule has 4 nitrogen and oxygen atoms in total. The largest absolute Gasteiger partial charge is 0.497 e. The number of aryl methyl sites for hydroxylation is 1. The highest BCUT2D eigenvalue weighted by molar-refractivity contribution is 5.79. The quantitative estimate of drug-likeness (QED) is 0.901. The van der Waals surface area contributed by atoms with E-state index in [1.807, 2.05) is 37.3 Å². The van der Waals surface area contributed by atoms with Crippen LogP contribution in [0.2, 0.25) is 0 Å². The Morgan fingerprint density at radius 2 is 1.72 bits per heavy atom. The number of hydrogen-bond acceptors (Lipinski definition) is 4. The minimum absolute atomic E-state index is 0.499. The van der Waals surface area contributed by atoms with Crippen LogP contribution in [0.5, 0.6) is 11.5 Å². The lowest BCUT2D eigenvalue weighted by atomic mass is 10.0. The lowest BCUT2D eigenvalue weighted by Gasteiger charge is -2.12. The van der Waals surface area contributed by atoms with E-state index in [0.29, 0.717) is 11.6 Å². The predicted molar refractivity (Wildman–Crippen MR) is 71.9 cm³/mol. The molecule has 1 aromatic carbocycles. The number of nitrogen functional groups attached to an aromatic ring is 1. The molecule has 0 aliphatic heterocycles. The number of ether oxygens (including phenoxy) is 2. The van der Waals surface area contributed by atoms with E-state index in [9.17, 15) is 0 Å². The van der Waals surface area contributed by atoms with Crippen LogP contribution in [0.25, 0.3) is 11.1 Å². The standard InChI is InChI=1S/C14H16N2O2/c1-9-4-6-12(14(15)16-9)11-7-5-10(17-2)8-13(11)18-3/h4-8H,1-3H3,(H2,15,16). The van der Waals surface area contributed by atoms with E-state index in [1.54, 1.807) is 14.2 Å². The second-order valence-electron chi connectivity index (χ2n) is 3.95. The summed E-state index contributed by atoms with van der Waals surface area (Å²) in [5.41, 5.74) is 8.61. The summed E-state index contributed by atoms with van der Waals surface area (Å²) in [4.78, 5) is 4.26. The minimum atomic E-state index is 0.499. The number of nitrogens with zero attached hydrogens (tertiary/aromatic N) is 1. The fourth-order valence-corrected chi connectivity index (χ4v) is 1.83. The fourth-order valence-electron chi connectivity index (χ4n) is 1.83. The maximum Gasteiger partial charge on any atom is 0.131 e. The molecule has 94 valence electrons. The van der Waals surface area contributed by atoms with Crippen molar-refractivity contribution in [2.45, 2.75) is 6.92 Å². The zero-order valence-corrected chi connectivity index (χ0v) is 10.7. The summed E-state index contributed by atoms with van der Waals surface area (Å²) in [6, 6.07) is 9.49. The smallest absolute Gasteiger partial charge is 0.131 e. The predicted octanol–water partition coefficient (Wildman–Crippen LogP) is 2.66. The summed E-state index contributed by atoms with van der Waals surface area (Å²) >= 11 is 0. The van der Waals surface area contributed by atoms with Crippen LogP contribution in [0.4, 0.5) is 5.82 Å². The maximum absolute atomic E-state index is 5.95. The highest BCUT2D eigenvalue weighted by atomic mass is 16.5. The van der Waals surface area contributed by atoms with E-state index in [4.69, 9.17) is 15.2 Å². The van der Waals surface area contributed by atoms with Gasteiger partial charge in [-0.25, -0.2) is 4.98 Å². The van der Waals surface area contributed by atoms with Crippen molar-refractivity contribution in [1.29, 1.82) is 0 Å². The van der Waals surface area contributed by atoms with Crippen molar-refractivity contribution in [3.05, 3.63) is 36.0 Å². The van der Waals surface area contributed by atoms with Gasteiger partial charge in [-0.3, -0.25) is 0 Å². The van der Waals surface area contributed by atoms with Crippen LogP contribution < -0.4 is 15.2 Å². The van der Waals surface area contributed by atoms with Gasteiger partial charge in [0, 0.05) is 22.9 Å². The summed E-state index contributed by atoms with van der Waals surface area (Å²) in [7, 11) is 3.24. The molecule has 0 aliphatic rings. The van der Waals surface area contributed by atoms with Crippen molar-refractivity contribution in [3.63, 3.8) is 0 Å². The lowest BCUT2D eigenvalue weighted by molar-refractivity contribution is 0.395. The lowest BCUT2D eigenvalue weighted by Crippen LogP contribution is -1.97. The third-order valence-electron chi connectivity index (χ3n) is 2.76. The van der Waals surface area contributed by atoms with Crippen LogP contribution in [0.3, 0.4) is 0 Å². The zero-order valence-electron chi connectivity index (χ0n) is 10.7. The van der Waals surface area contributed by atoms with Gasteiger partial charge in [-0.05, 0) is 31.2 Å². The normalized spacial score (nSPS) is 10.2. The Kier molecular flexibility index (Phi) is 3.37. The molecule has 0 amide bonds. The number of aromatic nitrogens is 1. The van der Waals surface area contributed by atoms with E-state index in [1.165, 1.54) is 0 Å². The summed E-state index contributed by atoms with van der Waals surface area (Å²) in [5.74, 6) is 1.96. The van der Waals surface area contributed by atoms with Crippen molar-refractivity contribution in [2.75, 3.05) is 20.0 Å². The van der Waals surface area contributed by atoms with Crippen LogP contribution in [-0.4, -0.2) is 19.2 Å². The van der Waals surface area contributed by atoms with Crippen LogP contribution in [-0.2, 0) is 0 Å². The number of benzene rings is 1. The fraction of sp³-hybridized carbons (Fsp3) is 0.214. The molecule has 4 heteroatoms. The Balaban J connectivity index is 2.56. The zero-order chi connectivity index (χ0) is 13.1. The third kappa shape index (κ3) is 2.22. The Morgan fingerprint density at radius 1 is 1.00 bits per heavy atom. The molecule has 0 aliphatic carbocycles. The second kappa shape index (κ2) is 4.96. The first-order chi connectivity index (χ1) is 8.65. The van der Waals surface area contributed by atoms with E-state index in [-0.39, 0.29) is 0 Å². The molecule has 0 bridgehead atoms. The van der Waals surface area contributed by atoms with Crippen molar-refractivity contribution < 1.29 is 9.47 Å².